The summed E-state index contributed by atoms with van der Waals surface area (Å²) in [5, 5.41) is 4.56. The first-order valence-electron chi connectivity index (χ1n) is 7.00. The van der Waals surface area contributed by atoms with Crippen molar-refractivity contribution < 1.29 is 9.53 Å². The van der Waals surface area contributed by atoms with Gasteiger partial charge in [0.2, 0.25) is 0 Å². The van der Waals surface area contributed by atoms with Gasteiger partial charge in [0.1, 0.15) is 5.54 Å². The normalized spacial score (nSPS) is 21.6. The fraction of sp³-hybridized carbons (Fsp3) is 0.929. The molecule has 0 aromatic heterocycles. The lowest BCUT2D eigenvalue weighted by Gasteiger charge is -2.31. The Labute approximate surface area is 115 Å². The largest absolute Gasteiger partial charge is 0.468 e. The van der Waals surface area contributed by atoms with E-state index in [1.54, 1.807) is 0 Å². The molecular formula is C14H27NO2S. The Bertz CT molecular complexity index is 267. The van der Waals surface area contributed by atoms with Gasteiger partial charge in [0.25, 0.3) is 0 Å². The minimum Gasteiger partial charge on any atom is -0.468 e. The lowest BCUT2D eigenvalue weighted by molar-refractivity contribution is -0.148. The lowest BCUT2D eigenvalue weighted by Crippen LogP contribution is -2.51. The Morgan fingerprint density at radius 2 is 2.11 bits per heavy atom. The number of nitrogens with one attached hydrogen (secondary N) is 1. The number of carbonyl (C=O) groups excluding carboxylic acids is 1. The molecular weight excluding hydrogens is 246 g/mol. The molecule has 1 fully saturated rings. The molecule has 3 nitrogen and oxygen atoms in total. The molecule has 0 heterocycles. The molecule has 1 N–H and O–H groups in total. The van der Waals surface area contributed by atoms with E-state index in [1.807, 2.05) is 25.6 Å². The van der Waals surface area contributed by atoms with Crippen LogP contribution in [0.25, 0.3) is 0 Å². The summed E-state index contributed by atoms with van der Waals surface area (Å²) in [5.41, 5.74) is -0.547. The van der Waals surface area contributed by atoms with E-state index in [0.29, 0.717) is 5.25 Å². The van der Waals surface area contributed by atoms with Gasteiger partial charge in [-0.15, -0.1) is 0 Å². The first-order chi connectivity index (χ1) is 8.51. The van der Waals surface area contributed by atoms with Gasteiger partial charge < -0.3 is 10.1 Å². The first kappa shape index (κ1) is 15.8. The van der Waals surface area contributed by atoms with Crippen molar-refractivity contribution in [3.63, 3.8) is 0 Å². The zero-order chi connectivity index (χ0) is 13.6. The zero-order valence-corrected chi connectivity index (χ0v) is 12.9. The maximum absolute atomic E-state index is 11.9. The zero-order valence-electron chi connectivity index (χ0n) is 12.1. The highest BCUT2D eigenvalue weighted by Gasteiger charge is 2.35. The number of rotatable bonds is 7. The third kappa shape index (κ3) is 4.47. The number of hydrogen-bond donors (Lipinski definition) is 1. The number of methoxy groups -OCH3 is 1. The van der Waals surface area contributed by atoms with E-state index in [4.69, 9.17) is 4.74 Å². The highest BCUT2D eigenvalue weighted by molar-refractivity contribution is 8.00. The number of carbonyl (C=O) groups is 1. The highest BCUT2D eigenvalue weighted by Crippen LogP contribution is 2.34. The molecule has 0 amide bonds. The van der Waals surface area contributed by atoms with Crippen molar-refractivity contribution in [2.45, 2.75) is 68.9 Å². The second-order valence-corrected chi connectivity index (χ2v) is 7.15. The third-order valence-electron chi connectivity index (χ3n) is 3.63. The molecule has 2 atom stereocenters. The Balaban J connectivity index is 2.50. The van der Waals surface area contributed by atoms with E-state index in [1.165, 1.54) is 32.8 Å². The fourth-order valence-electron chi connectivity index (χ4n) is 2.82. The summed E-state index contributed by atoms with van der Waals surface area (Å²) in [4.78, 5) is 11.9. The summed E-state index contributed by atoms with van der Waals surface area (Å²) in [6.45, 7) is 6.98. The van der Waals surface area contributed by atoms with Crippen LogP contribution < -0.4 is 5.32 Å². The number of ether oxygens (including phenoxy) is 1. The van der Waals surface area contributed by atoms with E-state index in [0.717, 1.165) is 18.2 Å². The Hall–Kier alpha value is -0.220. The van der Waals surface area contributed by atoms with E-state index >= 15 is 0 Å². The maximum Gasteiger partial charge on any atom is 0.325 e. The molecule has 0 saturated heterocycles. The van der Waals surface area contributed by atoms with Crippen molar-refractivity contribution >= 4 is 17.7 Å². The van der Waals surface area contributed by atoms with Crippen molar-refractivity contribution in [1.82, 2.24) is 5.32 Å². The molecule has 0 aromatic rings. The monoisotopic (exact) mass is 273 g/mol. The molecule has 0 aliphatic heterocycles. The van der Waals surface area contributed by atoms with Gasteiger partial charge in [-0.2, -0.15) is 11.8 Å². The summed E-state index contributed by atoms with van der Waals surface area (Å²) in [7, 11) is 1.46. The molecule has 18 heavy (non-hydrogen) atoms. The predicted molar refractivity (Wildman–Crippen MR) is 78.0 cm³/mol. The second-order valence-electron chi connectivity index (χ2n) is 5.41. The van der Waals surface area contributed by atoms with Crippen LogP contribution in [-0.4, -0.2) is 35.7 Å². The lowest BCUT2D eigenvalue weighted by atomic mass is 9.96. The minimum atomic E-state index is -0.547. The van der Waals surface area contributed by atoms with Crippen LogP contribution in [0, 0.1) is 0 Å². The average molecular weight is 273 g/mol. The summed E-state index contributed by atoms with van der Waals surface area (Å²) >= 11 is 2.04. The number of thioether (sulfide) groups is 1. The van der Waals surface area contributed by atoms with E-state index in [2.05, 4.69) is 12.2 Å². The van der Waals surface area contributed by atoms with E-state index in [-0.39, 0.29) is 5.97 Å². The first-order valence-corrected chi connectivity index (χ1v) is 7.95. The van der Waals surface area contributed by atoms with E-state index < -0.39 is 5.54 Å². The van der Waals surface area contributed by atoms with Crippen LogP contribution in [0.5, 0.6) is 0 Å². The van der Waals surface area contributed by atoms with Gasteiger partial charge in [0, 0.05) is 10.5 Å². The summed E-state index contributed by atoms with van der Waals surface area (Å²) < 4.78 is 4.93. The van der Waals surface area contributed by atoms with Gasteiger partial charge in [0.05, 0.1) is 7.11 Å². The van der Waals surface area contributed by atoms with Gasteiger partial charge >= 0.3 is 5.97 Å². The molecule has 2 unspecified atom stereocenters. The quantitative estimate of drug-likeness (QED) is 0.724. The van der Waals surface area contributed by atoms with Gasteiger partial charge in [-0.1, -0.05) is 26.7 Å². The fourth-order valence-corrected chi connectivity index (χ4v) is 4.51. The third-order valence-corrected chi connectivity index (χ3v) is 5.11. The van der Waals surface area contributed by atoms with Crippen LogP contribution in [0.2, 0.25) is 0 Å². The van der Waals surface area contributed by atoms with Gasteiger partial charge in [0.15, 0.2) is 0 Å². The van der Waals surface area contributed by atoms with Gasteiger partial charge in [-0.05, 0) is 32.7 Å². The molecule has 0 aromatic carbocycles. The molecule has 0 bridgehead atoms. The van der Waals surface area contributed by atoms with Crippen LogP contribution in [0.15, 0.2) is 0 Å². The molecule has 0 spiro atoms. The van der Waals surface area contributed by atoms with Crippen LogP contribution >= 0.6 is 11.8 Å². The SMILES string of the molecule is CCNC(C)(CC(C)SC1CCCC1)C(=O)OC. The Kier molecular flexibility index (Phi) is 6.50. The topological polar surface area (TPSA) is 38.3 Å². The van der Waals surface area contributed by atoms with Gasteiger partial charge in [-0.3, -0.25) is 4.79 Å². The van der Waals surface area contributed by atoms with E-state index in [9.17, 15) is 4.79 Å². The Morgan fingerprint density at radius 3 is 2.61 bits per heavy atom. The van der Waals surface area contributed by atoms with Crippen molar-refractivity contribution in [3.8, 4) is 0 Å². The molecule has 1 saturated carbocycles. The minimum absolute atomic E-state index is 0.150. The average Bonchev–Trinajstić information content (AvgIpc) is 2.80. The molecule has 1 aliphatic rings. The van der Waals surface area contributed by atoms with Crippen molar-refractivity contribution in [2.75, 3.05) is 13.7 Å². The molecule has 1 rings (SSSR count). The molecule has 0 radical (unpaired) electrons. The summed E-state index contributed by atoms with van der Waals surface area (Å²) in [6, 6.07) is 0. The molecule has 1 aliphatic carbocycles. The summed E-state index contributed by atoms with van der Waals surface area (Å²) in [6.07, 6.45) is 6.24. The van der Waals surface area contributed by atoms with Crippen LogP contribution in [0.3, 0.4) is 0 Å². The number of likely N-dealkylation sites (N-methyl/N-ethyl adjacent to an activating group) is 1. The Morgan fingerprint density at radius 1 is 1.50 bits per heavy atom. The number of hydrogen-bond acceptors (Lipinski definition) is 4. The van der Waals surface area contributed by atoms with Crippen LogP contribution in [0.4, 0.5) is 0 Å². The molecule has 106 valence electrons. The van der Waals surface area contributed by atoms with Gasteiger partial charge in [-0.25, -0.2) is 0 Å². The van der Waals surface area contributed by atoms with Crippen LogP contribution in [0.1, 0.15) is 52.9 Å². The van der Waals surface area contributed by atoms with Crippen molar-refractivity contribution in [2.24, 2.45) is 0 Å². The maximum atomic E-state index is 11.9. The highest BCUT2D eigenvalue weighted by atomic mass is 32.2. The second kappa shape index (κ2) is 7.39. The smallest absolute Gasteiger partial charge is 0.325 e. The van der Waals surface area contributed by atoms with Crippen LogP contribution in [-0.2, 0) is 9.53 Å². The standard InChI is InChI=1S/C14H27NO2S/c1-5-15-14(3,13(16)17-4)10-11(2)18-12-8-6-7-9-12/h11-12,15H,5-10H2,1-4H3. The summed E-state index contributed by atoms with van der Waals surface area (Å²) in [5.74, 6) is -0.150. The molecule has 4 heteroatoms. The van der Waals surface area contributed by atoms with Crippen molar-refractivity contribution in [1.29, 1.82) is 0 Å². The predicted octanol–water partition coefficient (Wildman–Crippen LogP) is 2.98. The van der Waals surface area contributed by atoms with Crippen molar-refractivity contribution in [3.05, 3.63) is 0 Å². The number of esters is 1.